The van der Waals surface area contributed by atoms with Gasteiger partial charge in [0.05, 0.1) is 24.3 Å². The van der Waals surface area contributed by atoms with E-state index in [0.717, 1.165) is 54.1 Å². The molecule has 0 bridgehead atoms. The minimum absolute atomic E-state index is 0.108. The van der Waals surface area contributed by atoms with Crippen LogP contribution in [0.1, 0.15) is 5.56 Å². The molecule has 2 aliphatic heterocycles. The first-order valence-electron chi connectivity index (χ1n) is 9.38. The molecule has 1 saturated heterocycles. The summed E-state index contributed by atoms with van der Waals surface area (Å²) in [4.78, 5) is 19.2. The Kier molecular flexibility index (Phi) is 4.18. The third kappa shape index (κ3) is 2.97. The Morgan fingerprint density at radius 1 is 1.07 bits per heavy atom. The minimum Gasteiger partial charge on any atom is -0.378 e. The zero-order valence-corrected chi connectivity index (χ0v) is 15.3. The molecule has 0 radical (unpaired) electrons. The summed E-state index contributed by atoms with van der Waals surface area (Å²) in [5.74, 6) is -0.108. The fourth-order valence-corrected chi connectivity index (χ4v) is 3.73. The maximum Gasteiger partial charge on any atom is 0.257 e. The number of nitrogens with one attached hydrogen (secondary N) is 2. The Bertz CT molecular complexity index is 1070. The van der Waals surface area contributed by atoms with Gasteiger partial charge in [-0.25, -0.2) is 0 Å². The maximum atomic E-state index is 12.5. The number of pyridine rings is 1. The lowest BCUT2D eigenvalue weighted by Gasteiger charge is -2.28. The Hall–Kier alpha value is -3.38. The lowest BCUT2D eigenvalue weighted by Crippen LogP contribution is -2.36. The number of carbonyl (C=O) groups excluding carboxylic acids is 1. The zero-order chi connectivity index (χ0) is 18.9. The fraction of sp³-hybridized carbons (Fsp3) is 0.182. The highest BCUT2D eigenvalue weighted by atomic mass is 16.5. The second-order valence-electron chi connectivity index (χ2n) is 6.86. The van der Waals surface area contributed by atoms with Crippen LogP contribution >= 0.6 is 0 Å². The number of nitrogens with zero attached hydrogens (tertiary/aromatic N) is 2. The van der Waals surface area contributed by atoms with Gasteiger partial charge in [-0.3, -0.25) is 9.78 Å². The number of rotatable bonds is 3. The molecule has 2 aromatic carbocycles. The molecule has 1 aromatic heterocycles. The number of hydrogen-bond donors (Lipinski definition) is 2. The van der Waals surface area contributed by atoms with Crippen LogP contribution in [0.2, 0.25) is 0 Å². The molecule has 5 rings (SSSR count). The highest BCUT2D eigenvalue weighted by molar-refractivity contribution is 6.34. The normalized spacial score (nSPS) is 17.6. The number of benzene rings is 2. The van der Waals surface area contributed by atoms with Crippen LogP contribution in [-0.4, -0.2) is 37.2 Å². The molecule has 6 nitrogen and oxygen atoms in total. The Morgan fingerprint density at radius 2 is 1.89 bits per heavy atom. The number of fused-ring (bicyclic) bond motifs is 3. The van der Waals surface area contributed by atoms with Gasteiger partial charge in [0, 0.05) is 53.5 Å². The van der Waals surface area contributed by atoms with E-state index >= 15 is 0 Å². The highest BCUT2D eigenvalue weighted by Gasteiger charge is 2.26. The quantitative estimate of drug-likeness (QED) is 0.689. The van der Waals surface area contributed by atoms with E-state index in [2.05, 4.69) is 32.7 Å². The van der Waals surface area contributed by atoms with Gasteiger partial charge >= 0.3 is 0 Å². The van der Waals surface area contributed by atoms with Crippen LogP contribution < -0.4 is 15.5 Å². The number of carbonyl (C=O) groups is 1. The molecule has 1 fully saturated rings. The third-order valence-electron chi connectivity index (χ3n) is 5.17. The predicted molar refractivity (Wildman–Crippen MR) is 111 cm³/mol. The molecule has 3 aromatic rings. The van der Waals surface area contributed by atoms with E-state index in [1.807, 2.05) is 36.4 Å². The number of aromatic nitrogens is 1. The van der Waals surface area contributed by atoms with Crippen molar-refractivity contribution in [2.75, 3.05) is 41.8 Å². The zero-order valence-electron chi connectivity index (χ0n) is 15.3. The van der Waals surface area contributed by atoms with Crippen molar-refractivity contribution in [2.45, 2.75) is 0 Å². The average molecular weight is 372 g/mol. The van der Waals surface area contributed by atoms with Crippen LogP contribution in [0.25, 0.3) is 16.5 Å². The average Bonchev–Trinajstić information content (AvgIpc) is 3.09. The molecule has 28 heavy (non-hydrogen) atoms. The number of ether oxygens (including phenoxy) is 1. The number of morpholine rings is 1. The SMILES string of the molecule is O=C1Nc2ccc3ncccc3c2C1=CNc1ccc(N2CCOCC2)cc1. The molecule has 3 heterocycles. The topological polar surface area (TPSA) is 66.5 Å². The van der Waals surface area contributed by atoms with Crippen LogP contribution in [0.3, 0.4) is 0 Å². The molecule has 2 aliphatic rings. The molecule has 6 heteroatoms. The molecule has 0 saturated carbocycles. The fourth-order valence-electron chi connectivity index (χ4n) is 3.73. The summed E-state index contributed by atoms with van der Waals surface area (Å²) in [6.45, 7) is 3.36. The summed E-state index contributed by atoms with van der Waals surface area (Å²) in [5.41, 5.74) is 5.32. The van der Waals surface area contributed by atoms with Gasteiger partial charge in [-0.1, -0.05) is 6.07 Å². The lowest BCUT2D eigenvalue weighted by atomic mass is 10.0. The summed E-state index contributed by atoms with van der Waals surface area (Å²) < 4.78 is 5.41. The van der Waals surface area contributed by atoms with Crippen LogP contribution in [0.5, 0.6) is 0 Å². The van der Waals surface area contributed by atoms with Crippen molar-refractivity contribution < 1.29 is 9.53 Å². The van der Waals surface area contributed by atoms with E-state index in [1.165, 1.54) is 5.69 Å². The van der Waals surface area contributed by atoms with Crippen molar-refractivity contribution in [1.29, 1.82) is 0 Å². The van der Waals surface area contributed by atoms with Crippen molar-refractivity contribution in [3.05, 3.63) is 66.5 Å². The summed E-state index contributed by atoms with van der Waals surface area (Å²) in [5, 5.41) is 7.17. The van der Waals surface area contributed by atoms with Gasteiger partial charge in [0.15, 0.2) is 0 Å². The Labute approximate surface area is 162 Å². The largest absolute Gasteiger partial charge is 0.378 e. The molecule has 1 amide bonds. The van der Waals surface area contributed by atoms with Crippen molar-refractivity contribution in [3.8, 4) is 0 Å². The third-order valence-corrected chi connectivity index (χ3v) is 5.17. The van der Waals surface area contributed by atoms with Crippen molar-refractivity contribution in [2.24, 2.45) is 0 Å². The van der Waals surface area contributed by atoms with E-state index in [-0.39, 0.29) is 5.91 Å². The first-order valence-corrected chi connectivity index (χ1v) is 9.38. The summed E-state index contributed by atoms with van der Waals surface area (Å²) >= 11 is 0. The molecular formula is C22H20N4O2. The maximum absolute atomic E-state index is 12.5. The van der Waals surface area contributed by atoms with E-state index in [4.69, 9.17) is 4.74 Å². The van der Waals surface area contributed by atoms with Gasteiger partial charge in [-0.15, -0.1) is 0 Å². The van der Waals surface area contributed by atoms with Gasteiger partial charge in [0.2, 0.25) is 0 Å². The molecule has 0 unspecified atom stereocenters. The Balaban J connectivity index is 1.42. The lowest BCUT2D eigenvalue weighted by molar-refractivity contribution is -0.110. The molecule has 0 spiro atoms. The summed E-state index contributed by atoms with van der Waals surface area (Å²) in [7, 11) is 0. The van der Waals surface area contributed by atoms with Gasteiger partial charge in [-0.2, -0.15) is 0 Å². The molecule has 0 aliphatic carbocycles. The van der Waals surface area contributed by atoms with Crippen molar-refractivity contribution >= 4 is 39.4 Å². The smallest absolute Gasteiger partial charge is 0.257 e. The number of hydrogen-bond acceptors (Lipinski definition) is 5. The minimum atomic E-state index is -0.108. The number of amides is 1. The second kappa shape index (κ2) is 6.98. The predicted octanol–water partition coefficient (Wildman–Crippen LogP) is 3.48. The van der Waals surface area contributed by atoms with E-state index < -0.39 is 0 Å². The monoisotopic (exact) mass is 372 g/mol. The Morgan fingerprint density at radius 3 is 2.71 bits per heavy atom. The molecule has 2 N–H and O–H groups in total. The van der Waals surface area contributed by atoms with E-state index in [9.17, 15) is 4.79 Å². The van der Waals surface area contributed by atoms with Crippen molar-refractivity contribution in [3.63, 3.8) is 0 Å². The van der Waals surface area contributed by atoms with Crippen LogP contribution in [0.4, 0.5) is 17.1 Å². The first-order chi connectivity index (χ1) is 13.8. The van der Waals surface area contributed by atoms with E-state index in [0.29, 0.717) is 5.57 Å². The van der Waals surface area contributed by atoms with Crippen molar-refractivity contribution in [1.82, 2.24) is 4.98 Å². The van der Waals surface area contributed by atoms with Gasteiger partial charge in [0.25, 0.3) is 5.91 Å². The highest BCUT2D eigenvalue weighted by Crippen LogP contribution is 2.37. The van der Waals surface area contributed by atoms with Gasteiger partial charge < -0.3 is 20.3 Å². The first kappa shape index (κ1) is 16.8. The second-order valence-corrected chi connectivity index (χ2v) is 6.86. The van der Waals surface area contributed by atoms with Gasteiger partial charge in [0.1, 0.15) is 0 Å². The molecule has 0 atom stereocenters. The van der Waals surface area contributed by atoms with Crippen LogP contribution in [-0.2, 0) is 9.53 Å². The molecule has 140 valence electrons. The van der Waals surface area contributed by atoms with Crippen LogP contribution in [0.15, 0.2) is 60.9 Å². The standard InChI is InChI=1S/C22H20N4O2/c27-22-18(21-17-2-1-9-23-19(17)7-8-20(21)25-22)14-24-15-3-5-16(6-4-15)26-10-12-28-13-11-26/h1-9,14,24H,10-13H2,(H,25,27). The van der Waals surface area contributed by atoms with E-state index in [1.54, 1.807) is 12.4 Å². The van der Waals surface area contributed by atoms with Gasteiger partial charge in [-0.05, 0) is 42.5 Å². The summed E-state index contributed by atoms with van der Waals surface area (Å²) in [6.07, 6.45) is 3.54. The van der Waals surface area contributed by atoms with Crippen LogP contribution in [0, 0.1) is 0 Å². The number of anilines is 3. The summed E-state index contributed by atoms with van der Waals surface area (Å²) in [6, 6.07) is 16.0. The molecular weight excluding hydrogens is 352 g/mol.